The molecule has 2 aromatic rings. The van der Waals surface area contributed by atoms with Gasteiger partial charge < -0.3 is 11.1 Å². The lowest BCUT2D eigenvalue weighted by Gasteiger charge is -2.25. The third-order valence-corrected chi connectivity index (χ3v) is 2.94. The number of nitriles is 1. The number of nitrogens with one attached hydrogen (secondary N) is 1. The number of rotatable bonds is 1. The van der Waals surface area contributed by atoms with Crippen LogP contribution in [0, 0.1) is 17.1 Å². The Morgan fingerprint density at radius 3 is 2.79 bits per heavy atom. The summed E-state index contributed by atoms with van der Waals surface area (Å²) in [5, 5.41) is 16.2. The maximum atomic E-state index is 13.0. The Balaban J connectivity index is 2.11. The molecule has 1 aromatic carbocycles. The van der Waals surface area contributed by atoms with Crippen LogP contribution >= 0.6 is 0 Å². The van der Waals surface area contributed by atoms with Gasteiger partial charge in [0.05, 0.1) is 11.6 Å². The second-order valence-corrected chi connectivity index (χ2v) is 4.04. The van der Waals surface area contributed by atoms with Crippen LogP contribution in [0.1, 0.15) is 11.6 Å². The Morgan fingerprint density at radius 1 is 1.37 bits per heavy atom. The van der Waals surface area contributed by atoms with E-state index < -0.39 is 6.04 Å². The van der Waals surface area contributed by atoms with Crippen LogP contribution in [-0.4, -0.2) is 14.8 Å². The average Bonchev–Trinajstić information content (AvgIpc) is 2.88. The van der Waals surface area contributed by atoms with Crippen molar-refractivity contribution in [1.29, 1.82) is 5.26 Å². The molecule has 7 heteroatoms. The zero-order valence-corrected chi connectivity index (χ0v) is 9.71. The number of anilines is 1. The third kappa shape index (κ3) is 1.70. The number of aromatic nitrogens is 3. The van der Waals surface area contributed by atoms with Gasteiger partial charge in [0.15, 0.2) is 0 Å². The highest BCUT2D eigenvalue weighted by Gasteiger charge is 2.28. The molecule has 1 aliphatic heterocycles. The molecular formula is C12H9FN6. The Labute approximate surface area is 108 Å². The van der Waals surface area contributed by atoms with Gasteiger partial charge in [-0.1, -0.05) is 12.1 Å². The molecule has 0 aliphatic carbocycles. The quantitative estimate of drug-likeness (QED) is 0.800. The zero-order valence-electron chi connectivity index (χ0n) is 9.71. The molecule has 19 heavy (non-hydrogen) atoms. The Morgan fingerprint density at radius 2 is 2.11 bits per heavy atom. The van der Waals surface area contributed by atoms with Gasteiger partial charge in [-0.3, -0.25) is 0 Å². The van der Waals surface area contributed by atoms with Crippen molar-refractivity contribution >= 4 is 11.8 Å². The summed E-state index contributed by atoms with van der Waals surface area (Å²) >= 11 is 0. The number of nitrogens with two attached hydrogens (primary N) is 1. The van der Waals surface area contributed by atoms with E-state index in [4.69, 9.17) is 5.73 Å². The summed E-state index contributed by atoms with van der Waals surface area (Å²) < 4.78 is 14.3. The van der Waals surface area contributed by atoms with E-state index in [0.29, 0.717) is 11.5 Å². The minimum absolute atomic E-state index is 0.225. The van der Waals surface area contributed by atoms with E-state index in [1.54, 1.807) is 12.1 Å². The van der Waals surface area contributed by atoms with Gasteiger partial charge >= 0.3 is 0 Å². The fraction of sp³-hybridized carbons (Fsp3) is 0.0833. The van der Waals surface area contributed by atoms with Crippen molar-refractivity contribution in [3.8, 4) is 6.07 Å². The van der Waals surface area contributed by atoms with Gasteiger partial charge in [0, 0.05) is 0 Å². The highest BCUT2D eigenvalue weighted by Crippen LogP contribution is 2.32. The van der Waals surface area contributed by atoms with E-state index in [9.17, 15) is 9.65 Å². The molecule has 1 aliphatic rings. The van der Waals surface area contributed by atoms with Crippen LogP contribution in [0.3, 0.4) is 0 Å². The highest BCUT2D eigenvalue weighted by molar-refractivity contribution is 5.65. The Bertz CT molecular complexity index is 694. The smallest absolute Gasteiger partial charge is 0.228 e. The lowest BCUT2D eigenvalue weighted by Crippen LogP contribution is -2.27. The number of halogens is 1. The zero-order chi connectivity index (χ0) is 13.4. The molecule has 0 amide bonds. The fourth-order valence-corrected chi connectivity index (χ4v) is 2.01. The van der Waals surface area contributed by atoms with Crippen molar-refractivity contribution in [2.45, 2.75) is 6.04 Å². The molecule has 1 aromatic heterocycles. The first kappa shape index (κ1) is 11.2. The Hall–Kier alpha value is -2.88. The largest absolute Gasteiger partial charge is 0.383 e. The number of fused-ring (bicyclic) bond motifs is 1. The van der Waals surface area contributed by atoms with Gasteiger partial charge in [0.25, 0.3) is 0 Å². The van der Waals surface area contributed by atoms with Gasteiger partial charge in [-0.25, -0.2) is 4.39 Å². The van der Waals surface area contributed by atoms with Gasteiger partial charge in [0.2, 0.25) is 5.95 Å². The van der Waals surface area contributed by atoms with Crippen molar-refractivity contribution in [3.05, 3.63) is 47.5 Å². The molecule has 0 spiro atoms. The highest BCUT2D eigenvalue weighted by atomic mass is 19.1. The third-order valence-electron chi connectivity index (χ3n) is 2.94. The first-order valence-electron chi connectivity index (χ1n) is 5.53. The molecule has 0 unspecified atom stereocenters. The molecule has 0 fully saturated rings. The number of hydrogen-bond donors (Lipinski definition) is 2. The summed E-state index contributed by atoms with van der Waals surface area (Å²) in [5.74, 6) is 0.340. The standard InChI is InChI=1S/C12H9FN6/c13-8-3-1-7(2-4-8)10-9(5-14)11(15)19-12(18-10)16-6-17-19/h1-4,6,10H,15H2,(H,16,17,18)/t10-/m0/s1. The monoisotopic (exact) mass is 256 g/mol. The molecule has 2 heterocycles. The normalized spacial score (nSPS) is 17.6. The van der Waals surface area contributed by atoms with Crippen LogP contribution < -0.4 is 11.1 Å². The SMILES string of the molecule is N#CC1=C(N)n2ncnc2N[C@H]1c1ccc(F)cc1. The van der Waals surface area contributed by atoms with Gasteiger partial charge in [-0.15, -0.1) is 0 Å². The molecule has 0 radical (unpaired) electrons. The maximum absolute atomic E-state index is 13.0. The number of hydrogen-bond acceptors (Lipinski definition) is 5. The molecule has 94 valence electrons. The molecule has 6 nitrogen and oxygen atoms in total. The van der Waals surface area contributed by atoms with Crippen LogP contribution in [0.15, 0.2) is 36.2 Å². The van der Waals surface area contributed by atoms with Crippen molar-refractivity contribution in [3.63, 3.8) is 0 Å². The molecule has 3 N–H and O–H groups in total. The lowest BCUT2D eigenvalue weighted by molar-refractivity contribution is 0.626. The second-order valence-electron chi connectivity index (χ2n) is 4.04. The van der Waals surface area contributed by atoms with Crippen LogP contribution in [0.4, 0.5) is 10.3 Å². The summed E-state index contributed by atoms with van der Waals surface area (Å²) in [7, 11) is 0. The van der Waals surface area contributed by atoms with Gasteiger partial charge in [-0.2, -0.15) is 20.0 Å². The predicted molar refractivity (Wildman–Crippen MR) is 65.8 cm³/mol. The van der Waals surface area contributed by atoms with E-state index in [2.05, 4.69) is 21.5 Å². The first-order chi connectivity index (χ1) is 9.20. The molecule has 0 bridgehead atoms. The van der Waals surface area contributed by atoms with Gasteiger partial charge in [-0.05, 0) is 17.7 Å². The molecule has 0 saturated heterocycles. The van der Waals surface area contributed by atoms with E-state index in [0.717, 1.165) is 5.56 Å². The Kier molecular flexibility index (Phi) is 2.42. The minimum atomic E-state index is -0.456. The summed E-state index contributed by atoms with van der Waals surface area (Å²) in [6.45, 7) is 0. The van der Waals surface area contributed by atoms with E-state index in [-0.39, 0.29) is 11.6 Å². The fourth-order valence-electron chi connectivity index (χ4n) is 2.01. The molecule has 3 rings (SSSR count). The van der Waals surface area contributed by atoms with Crippen molar-refractivity contribution in [1.82, 2.24) is 14.8 Å². The molecule has 1 atom stereocenters. The number of nitrogens with zero attached hydrogens (tertiary/aromatic N) is 4. The van der Waals surface area contributed by atoms with Crippen molar-refractivity contribution in [2.24, 2.45) is 5.73 Å². The van der Waals surface area contributed by atoms with Gasteiger partial charge in [0.1, 0.15) is 24.0 Å². The summed E-state index contributed by atoms with van der Waals surface area (Å²) in [5.41, 5.74) is 6.96. The van der Waals surface area contributed by atoms with E-state index in [1.165, 1.54) is 23.1 Å². The summed E-state index contributed by atoms with van der Waals surface area (Å²) in [6.07, 6.45) is 1.34. The number of benzene rings is 1. The summed E-state index contributed by atoms with van der Waals surface area (Å²) in [6, 6.07) is 7.47. The molecular weight excluding hydrogens is 247 g/mol. The first-order valence-corrected chi connectivity index (χ1v) is 5.53. The lowest BCUT2D eigenvalue weighted by atomic mass is 9.98. The maximum Gasteiger partial charge on any atom is 0.228 e. The molecule has 0 saturated carbocycles. The minimum Gasteiger partial charge on any atom is -0.383 e. The predicted octanol–water partition coefficient (Wildman–Crippen LogP) is 1.23. The van der Waals surface area contributed by atoms with Crippen LogP contribution in [0.2, 0.25) is 0 Å². The topological polar surface area (TPSA) is 92.5 Å². The van der Waals surface area contributed by atoms with Crippen LogP contribution in [-0.2, 0) is 0 Å². The summed E-state index contributed by atoms with van der Waals surface area (Å²) in [4.78, 5) is 4.01. The van der Waals surface area contributed by atoms with E-state index in [1.807, 2.05) is 0 Å². The van der Waals surface area contributed by atoms with Crippen molar-refractivity contribution < 1.29 is 4.39 Å². The average molecular weight is 256 g/mol. The van der Waals surface area contributed by atoms with Crippen molar-refractivity contribution in [2.75, 3.05) is 5.32 Å². The van der Waals surface area contributed by atoms with E-state index >= 15 is 0 Å². The van der Waals surface area contributed by atoms with Crippen LogP contribution in [0.25, 0.3) is 5.82 Å². The van der Waals surface area contributed by atoms with Crippen LogP contribution in [0.5, 0.6) is 0 Å². The second kappa shape index (κ2) is 4.10.